The lowest BCUT2D eigenvalue weighted by Crippen LogP contribution is -2.42. The number of hydrogen-bond acceptors (Lipinski definition) is 3. The average molecular weight is 273 g/mol. The molecule has 0 aromatic rings. The van der Waals surface area contributed by atoms with Crippen LogP contribution in [-0.2, 0) is 9.53 Å². The van der Waals surface area contributed by atoms with Crippen molar-refractivity contribution in [1.82, 2.24) is 5.32 Å². The monoisotopic (exact) mass is 273 g/mol. The highest BCUT2D eigenvalue weighted by molar-refractivity contribution is 6.81. The molecule has 0 fully saturated rings. The molecule has 0 radical (unpaired) electrons. The molecule has 1 amide bonds. The van der Waals surface area contributed by atoms with Gasteiger partial charge in [0.05, 0.1) is 8.07 Å². The van der Waals surface area contributed by atoms with Crippen molar-refractivity contribution in [3.63, 3.8) is 0 Å². The maximum absolute atomic E-state index is 11.5. The molecule has 1 atom stereocenters. The van der Waals surface area contributed by atoms with Crippen LogP contribution in [-0.4, -0.2) is 36.9 Å². The van der Waals surface area contributed by atoms with Gasteiger partial charge in [-0.05, 0) is 20.8 Å². The lowest BCUT2D eigenvalue weighted by atomic mass is 10.2. The first-order valence-corrected chi connectivity index (χ1v) is 9.40. The van der Waals surface area contributed by atoms with E-state index in [0.29, 0.717) is 0 Å². The van der Waals surface area contributed by atoms with E-state index in [4.69, 9.17) is 9.84 Å². The normalized spacial score (nSPS) is 14.3. The molecule has 0 bridgehead atoms. The number of rotatable bonds is 4. The van der Waals surface area contributed by atoms with E-state index in [0.717, 1.165) is 0 Å². The van der Waals surface area contributed by atoms with Crippen molar-refractivity contribution in [1.29, 1.82) is 0 Å². The molecule has 2 N–H and O–H groups in total. The van der Waals surface area contributed by atoms with E-state index in [2.05, 4.69) is 25.0 Å². The second-order valence-corrected chi connectivity index (χ2v) is 11.3. The summed E-state index contributed by atoms with van der Waals surface area (Å²) in [5.74, 6) is -1.10. The number of nitrogens with one attached hydrogen (secondary N) is 1. The fourth-order valence-electron chi connectivity index (χ4n) is 1.01. The number of ether oxygens (including phenoxy) is 1. The predicted octanol–water partition coefficient (Wildman–Crippen LogP) is 2.40. The van der Waals surface area contributed by atoms with E-state index >= 15 is 0 Å². The molecular formula is C12H23NO4Si. The predicted molar refractivity (Wildman–Crippen MR) is 73.3 cm³/mol. The zero-order chi connectivity index (χ0) is 14.6. The SMILES string of the molecule is CC(C)(C)OC(=O)N[C@H](/C=C/[Si](C)(C)C)C(=O)O. The Bertz CT molecular complexity index is 339. The molecular weight excluding hydrogens is 250 g/mol. The van der Waals surface area contributed by atoms with Crippen molar-refractivity contribution in [2.24, 2.45) is 0 Å². The summed E-state index contributed by atoms with van der Waals surface area (Å²) in [5.41, 5.74) is 1.23. The lowest BCUT2D eigenvalue weighted by molar-refractivity contribution is -0.138. The third-order valence-corrected chi connectivity index (χ3v) is 2.92. The quantitative estimate of drug-likeness (QED) is 0.771. The van der Waals surface area contributed by atoms with Gasteiger partial charge in [0.15, 0.2) is 0 Å². The molecule has 0 aromatic carbocycles. The molecule has 0 aliphatic rings. The second kappa shape index (κ2) is 6.04. The van der Waals surface area contributed by atoms with E-state index in [-0.39, 0.29) is 0 Å². The molecule has 0 rings (SSSR count). The summed E-state index contributed by atoms with van der Waals surface area (Å²) in [4.78, 5) is 22.5. The Morgan fingerprint density at radius 2 is 1.78 bits per heavy atom. The van der Waals surface area contributed by atoms with Gasteiger partial charge in [-0.1, -0.05) is 31.4 Å². The Hall–Kier alpha value is -1.30. The van der Waals surface area contributed by atoms with Gasteiger partial charge in [-0.3, -0.25) is 0 Å². The van der Waals surface area contributed by atoms with Crippen LogP contribution in [0.5, 0.6) is 0 Å². The van der Waals surface area contributed by atoms with Crippen molar-refractivity contribution in [3.05, 3.63) is 11.8 Å². The fourth-order valence-corrected chi connectivity index (χ4v) is 1.78. The van der Waals surface area contributed by atoms with Gasteiger partial charge in [-0.2, -0.15) is 0 Å². The average Bonchev–Trinajstić information content (AvgIpc) is 2.06. The maximum atomic E-state index is 11.5. The molecule has 0 aromatic heterocycles. The van der Waals surface area contributed by atoms with Crippen LogP contribution in [0, 0.1) is 0 Å². The molecule has 6 heteroatoms. The minimum Gasteiger partial charge on any atom is -0.479 e. The number of amides is 1. The van der Waals surface area contributed by atoms with Crippen LogP contribution in [0.4, 0.5) is 4.79 Å². The van der Waals surface area contributed by atoms with Crippen LogP contribution in [0.1, 0.15) is 20.8 Å². The summed E-state index contributed by atoms with van der Waals surface area (Å²) in [6, 6.07) is -1.05. The highest BCUT2D eigenvalue weighted by Gasteiger charge is 2.22. The summed E-state index contributed by atoms with van der Waals surface area (Å²) >= 11 is 0. The summed E-state index contributed by atoms with van der Waals surface area (Å²) in [5, 5.41) is 11.3. The Labute approximate surface area is 109 Å². The first-order valence-electron chi connectivity index (χ1n) is 5.82. The van der Waals surface area contributed by atoms with Gasteiger partial charge in [-0.25, -0.2) is 9.59 Å². The highest BCUT2D eigenvalue weighted by Crippen LogP contribution is 2.07. The van der Waals surface area contributed by atoms with Gasteiger partial charge in [0, 0.05) is 0 Å². The molecule has 0 unspecified atom stereocenters. The number of alkyl carbamates (subject to hydrolysis) is 1. The topological polar surface area (TPSA) is 75.6 Å². The molecule has 5 nitrogen and oxygen atoms in total. The van der Waals surface area contributed by atoms with Gasteiger partial charge in [0.25, 0.3) is 0 Å². The smallest absolute Gasteiger partial charge is 0.408 e. The van der Waals surface area contributed by atoms with Crippen LogP contribution in [0.15, 0.2) is 11.8 Å². The van der Waals surface area contributed by atoms with E-state index in [1.807, 2.05) is 5.70 Å². The summed E-state index contributed by atoms with van der Waals surface area (Å²) in [6.45, 7) is 11.4. The minimum atomic E-state index is -1.50. The van der Waals surface area contributed by atoms with E-state index < -0.39 is 31.8 Å². The van der Waals surface area contributed by atoms with Crippen molar-refractivity contribution < 1.29 is 19.4 Å². The number of carbonyl (C=O) groups excluding carboxylic acids is 1. The molecule has 0 saturated carbocycles. The standard InChI is InChI=1S/C12H23NO4Si/c1-12(2,3)17-11(16)13-9(10(14)15)7-8-18(4,5)6/h7-9H,1-6H3,(H,13,16)(H,14,15)/b8-7+/t9-/m1/s1. The van der Waals surface area contributed by atoms with Gasteiger partial charge >= 0.3 is 12.1 Å². The first-order chi connectivity index (χ1) is 7.91. The highest BCUT2D eigenvalue weighted by atomic mass is 28.3. The van der Waals surface area contributed by atoms with Crippen molar-refractivity contribution in [3.8, 4) is 0 Å². The van der Waals surface area contributed by atoms with Crippen LogP contribution < -0.4 is 5.32 Å². The summed E-state index contributed by atoms with van der Waals surface area (Å²) < 4.78 is 5.01. The molecule has 0 aliphatic heterocycles. The third-order valence-electron chi connectivity index (χ3n) is 1.73. The van der Waals surface area contributed by atoms with Crippen LogP contribution in [0.2, 0.25) is 19.6 Å². The summed E-state index contributed by atoms with van der Waals surface area (Å²) in [7, 11) is -1.50. The van der Waals surface area contributed by atoms with E-state index in [1.165, 1.54) is 6.08 Å². The zero-order valence-corrected chi connectivity index (χ0v) is 12.9. The van der Waals surface area contributed by atoms with E-state index in [9.17, 15) is 9.59 Å². The van der Waals surface area contributed by atoms with Crippen LogP contribution >= 0.6 is 0 Å². The summed E-state index contributed by atoms with van der Waals surface area (Å²) in [6.07, 6.45) is 0.786. The maximum Gasteiger partial charge on any atom is 0.408 e. The van der Waals surface area contributed by atoms with Crippen LogP contribution in [0.3, 0.4) is 0 Å². The second-order valence-electron chi connectivity index (χ2n) is 6.19. The fraction of sp³-hybridized carbons (Fsp3) is 0.667. The van der Waals surface area contributed by atoms with Crippen LogP contribution in [0.25, 0.3) is 0 Å². The molecule has 0 heterocycles. The molecule has 18 heavy (non-hydrogen) atoms. The van der Waals surface area contributed by atoms with E-state index in [1.54, 1.807) is 20.8 Å². The molecule has 0 spiro atoms. The number of aliphatic carboxylic acids is 1. The van der Waals surface area contributed by atoms with Gasteiger partial charge in [-0.15, -0.1) is 0 Å². The van der Waals surface area contributed by atoms with Gasteiger partial charge in [0.1, 0.15) is 11.6 Å². The Morgan fingerprint density at radius 3 is 2.11 bits per heavy atom. The van der Waals surface area contributed by atoms with Crippen molar-refractivity contribution in [2.45, 2.75) is 52.1 Å². The Kier molecular flexibility index (Phi) is 5.60. The molecule has 104 valence electrons. The Balaban J connectivity index is 4.61. The number of carboxylic acid groups (broad SMARTS) is 1. The molecule has 0 saturated heterocycles. The Morgan fingerprint density at radius 1 is 1.28 bits per heavy atom. The lowest BCUT2D eigenvalue weighted by Gasteiger charge is -2.21. The van der Waals surface area contributed by atoms with Crippen molar-refractivity contribution >= 4 is 20.1 Å². The largest absolute Gasteiger partial charge is 0.479 e. The first kappa shape index (κ1) is 16.7. The van der Waals surface area contributed by atoms with Gasteiger partial charge in [0.2, 0.25) is 0 Å². The minimum absolute atomic E-state index is 0.643. The third kappa shape index (κ3) is 8.80. The molecule has 0 aliphatic carbocycles. The zero-order valence-electron chi connectivity index (χ0n) is 11.9. The number of carboxylic acids is 1. The number of carbonyl (C=O) groups is 2. The van der Waals surface area contributed by atoms with Gasteiger partial charge < -0.3 is 15.2 Å². The van der Waals surface area contributed by atoms with Crippen molar-refractivity contribution in [2.75, 3.05) is 0 Å². The number of hydrogen-bond donors (Lipinski definition) is 2.